The minimum absolute atomic E-state index is 0.533. The number of nitrogens with one attached hydrogen (secondary N) is 1. The molecule has 18 heavy (non-hydrogen) atoms. The molecule has 1 rings (SSSR count). The molecule has 0 atom stereocenters. The second kappa shape index (κ2) is 7.80. The van der Waals surface area contributed by atoms with Gasteiger partial charge in [0.25, 0.3) is 0 Å². The van der Waals surface area contributed by atoms with Gasteiger partial charge in [0, 0.05) is 29.3 Å². The Morgan fingerprint density at radius 1 is 1.28 bits per heavy atom. The molecule has 0 spiro atoms. The van der Waals surface area contributed by atoms with Crippen molar-refractivity contribution in [2.75, 3.05) is 18.0 Å². The third kappa shape index (κ3) is 4.29. The summed E-state index contributed by atoms with van der Waals surface area (Å²) in [6.45, 7) is 11.9. The maximum atomic E-state index is 3.68. The first-order valence-corrected chi connectivity index (χ1v) is 7.65. The summed E-state index contributed by atoms with van der Waals surface area (Å²) in [5.41, 5.74) is 2.62. The van der Waals surface area contributed by atoms with E-state index in [0.29, 0.717) is 6.04 Å². The van der Waals surface area contributed by atoms with E-state index < -0.39 is 0 Å². The molecular formula is C15H25BrN2. The summed E-state index contributed by atoms with van der Waals surface area (Å²) >= 11 is 3.68. The van der Waals surface area contributed by atoms with E-state index in [-0.39, 0.29) is 0 Å². The van der Waals surface area contributed by atoms with Crippen molar-refractivity contribution in [1.82, 2.24) is 5.32 Å². The van der Waals surface area contributed by atoms with Crippen LogP contribution in [0.25, 0.3) is 0 Å². The van der Waals surface area contributed by atoms with E-state index in [9.17, 15) is 0 Å². The first-order chi connectivity index (χ1) is 8.60. The van der Waals surface area contributed by atoms with Gasteiger partial charge >= 0.3 is 0 Å². The number of anilines is 1. The number of hydrogen-bond acceptors (Lipinski definition) is 2. The van der Waals surface area contributed by atoms with Crippen molar-refractivity contribution >= 4 is 21.6 Å². The molecule has 0 saturated heterocycles. The SMILES string of the molecule is CCCNCc1ccc(N(CC)C(C)C)cc1Br. The van der Waals surface area contributed by atoms with Gasteiger partial charge in [-0.3, -0.25) is 0 Å². The quantitative estimate of drug-likeness (QED) is 0.760. The molecule has 1 N–H and O–H groups in total. The molecule has 0 fully saturated rings. The molecule has 0 unspecified atom stereocenters. The smallest absolute Gasteiger partial charge is 0.0379 e. The van der Waals surface area contributed by atoms with Crippen LogP contribution in [0.1, 0.15) is 39.7 Å². The molecule has 0 bridgehead atoms. The molecule has 0 aliphatic carbocycles. The fourth-order valence-electron chi connectivity index (χ4n) is 2.10. The lowest BCUT2D eigenvalue weighted by Crippen LogP contribution is -2.30. The average molecular weight is 313 g/mol. The highest BCUT2D eigenvalue weighted by atomic mass is 79.9. The zero-order valence-electron chi connectivity index (χ0n) is 12.0. The van der Waals surface area contributed by atoms with Gasteiger partial charge in [0.1, 0.15) is 0 Å². The lowest BCUT2D eigenvalue weighted by molar-refractivity contribution is 0.673. The summed E-state index contributed by atoms with van der Waals surface area (Å²) in [7, 11) is 0. The van der Waals surface area contributed by atoms with Crippen LogP contribution >= 0.6 is 15.9 Å². The Bertz CT molecular complexity index is 364. The van der Waals surface area contributed by atoms with Crippen molar-refractivity contribution in [3.63, 3.8) is 0 Å². The van der Waals surface area contributed by atoms with E-state index in [4.69, 9.17) is 0 Å². The molecule has 0 aromatic heterocycles. The number of nitrogens with zero attached hydrogens (tertiary/aromatic N) is 1. The number of hydrogen-bond donors (Lipinski definition) is 1. The fraction of sp³-hybridized carbons (Fsp3) is 0.600. The number of halogens is 1. The van der Waals surface area contributed by atoms with Crippen LogP contribution in [0.2, 0.25) is 0 Å². The molecule has 102 valence electrons. The highest BCUT2D eigenvalue weighted by molar-refractivity contribution is 9.10. The zero-order valence-corrected chi connectivity index (χ0v) is 13.5. The van der Waals surface area contributed by atoms with Crippen LogP contribution < -0.4 is 10.2 Å². The van der Waals surface area contributed by atoms with Gasteiger partial charge in [-0.05, 0) is 51.4 Å². The van der Waals surface area contributed by atoms with Crippen LogP contribution in [0.15, 0.2) is 22.7 Å². The largest absolute Gasteiger partial charge is 0.369 e. The maximum absolute atomic E-state index is 3.68. The van der Waals surface area contributed by atoms with Crippen LogP contribution in [0, 0.1) is 0 Å². The van der Waals surface area contributed by atoms with Crippen molar-refractivity contribution in [3.05, 3.63) is 28.2 Å². The van der Waals surface area contributed by atoms with Crippen molar-refractivity contribution in [1.29, 1.82) is 0 Å². The Balaban J connectivity index is 2.78. The van der Waals surface area contributed by atoms with Gasteiger partial charge in [0.2, 0.25) is 0 Å². The lowest BCUT2D eigenvalue weighted by Gasteiger charge is -2.28. The molecule has 0 radical (unpaired) electrons. The highest BCUT2D eigenvalue weighted by Gasteiger charge is 2.09. The summed E-state index contributed by atoms with van der Waals surface area (Å²) in [6, 6.07) is 7.20. The summed E-state index contributed by atoms with van der Waals surface area (Å²) < 4.78 is 1.20. The molecule has 0 saturated carbocycles. The third-order valence-corrected chi connectivity index (χ3v) is 3.81. The predicted molar refractivity (Wildman–Crippen MR) is 84.3 cm³/mol. The van der Waals surface area contributed by atoms with Gasteiger partial charge in [0.15, 0.2) is 0 Å². The van der Waals surface area contributed by atoms with Crippen LogP contribution in [0.5, 0.6) is 0 Å². The van der Waals surface area contributed by atoms with Crippen LogP contribution in [-0.4, -0.2) is 19.1 Å². The normalized spacial score (nSPS) is 11.0. The van der Waals surface area contributed by atoms with Gasteiger partial charge in [-0.2, -0.15) is 0 Å². The summed E-state index contributed by atoms with van der Waals surface area (Å²) in [4.78, 5) is 2.40. The first-order valence-electron chi connectivity index (χ1n) is 6.85. The Labute approximate surface area is 120 Å². The Kier molecular flexibility index (Phi) is 6.72. The Hall–Kier alpha value is -0.540. The maximum Gasteiger partial charge on any atom is 0.0379 e. The van der Waals surface area contributed by atoms with Crippen molar-refractivity contribution in [2.24, 2.45) is 0 Å². The van der Waals surface area contributed by atoms with Crippen molar-refractivity contribution in [3.8, 4) is 0 Å². The zero-order chi connectivity index (χ0) is 13.5. The fourth-order valence-corrected chi connectivity index (χ4v) is 2.61. The Morgan fingerprint density at radius 2 is 2.00 bits per heavy atom. The van der Waals surface area contributed by atoms with Crippen LogP contribution in [0.4, 0.5) is 5.69 Å². The topological polar surface area (TPSA) is 15.3 Å². The van der Waals surface area contributed by atoms with Gasteiger partial charge in [-0.15, -0.1) is 0 Å². The van der Waals surface area contributed by atoms with E-state index in [1.807, 2.05) is 0 Å². The summed E-state index contributed by atoms with van der Waals surface area (Å²) in [5.74, 6) is 0. The van der Waals surface area contributed by atoms with E-state index in [1.165, 1.54) is 22.1 Å². The summed E-state index contributed by atoms with van der Waals surface area (Å²) in [6.07, 6.45) is 1.17. The standard InChI is InChI=1S/C15H25BrN2/c1-5-9-17-11-13-7-8-14(10-15(13)16)18(6-2)12(3)4/h7-8,10,12,17H,5-6,9,11H2,1-4H3. The average Bonchev–Trinajstić information content (AvgIpc) is 2.32. The highest BCUT2D eigenvalue weighted by Crippen LogP contribution is 2.25. The molecule has 1 aromatic rings. The minimum atomic E-state index is 0.533. The predicted octanol–water partition coefficient (Wildman–Crippen LogP) is 4.18. The Morgan fingerprint density at radius 3 is 2.50 bits per heavy atom. The molecule has 2 nitrogen and oxygen atoms in total. The van der Waals surface area contributed by atoms with Crippen molar-refractivity contribution in [2.45, 2.75) is 46.7 Å². The number of benzene rings is 1. The molecule has 0 amide bonds. The van der Waals surface area contributed by atoms with Crippen LogP contribution in [0.3, 0.4) is 0 Å². The molecule has 1 aromatic carbocycles. The van der Waals surface area contributed by atoms with Crippen LogP contribution in [-0.2, 0) is 6.54 Å². The number of rotatable bonds is 7. The van der Waals surface area contributed by atoms with Gasteiger partial charge in [-0.1, -0.05) is 28.9 Å². The van der Waals surface area contributed by atoms with Gasteiger partial charge < -0.3 is 10.2 Å². The molecule has 0 aliphatic rings. The second-order valence-electron chi connectivity index (χ2n) is 4.83. The van der Waals surface area contributed by atoms with Gasteiger partial charge in [0.05, 0.1) is 0 Å². The lowest BCUT2D eigenvalue weighted by atomic mass is 10.1. The first kappa shape index (κ1) is 15.5. The molecule has 0 heterocycles. The second-order valence-corrected chi connectivity index (χ2v) is 5.69. The summed E-state index contributed by atoms with van der Waals surface area (Å²) in [5, 5.41) is 3.43. The van der Waals surface area contributed by atoms with Crippen molar-refractivity contribution < 1.29 is 0 Å². The molecule has 0 aliphatic heterocycles. The van der Waals surface area contributed by atoms with E-state index >= 15 is 0 Å². The molecule has 3 heteroatoms. The molecular weight excluding hydrogens is 288 g/mol. The minimum Gasteiger partial charge on any atom is -0.369 e. The van der Waals surface area contributed by atoms with Gasteiger partial charge in [-0.25, -0.2) is 0 Å². The van der Waals surface area contributed by atoms with E-state index in [2.05, 4.69) is 72.0 Å². The van der Waals surface area contributed by atoms with E-state index in [0.717, 1.165) is 19.6 Å². The third-order valence-electron chi connectivity index (χ3n) is 3.07. The van der Waals surface area contributed by atoms with E-state index in [1.54, 1.807) is 0 Å². The monoisotopic (exact) mass is 312 g/mol.